The van der Waals surface area contributed by atoms with E-state index < -0.39 is 5.97 Å². The summed E-state index contributed by atoms with van der Waals surface area (Å²) in [7, 11) is 1.68. The Bertz CT molecular complexity index is 367. The Morgan fingerprint density at radius 1 is 1.14 bits per heavy atom. The topological polar surface area (TPSA) is 87.7 Å². The van der Waals surface area contributed by atoms with E-state index in [0.717, 1.165) is 44.9 Å². The number of carbonyl (C=O) groups is 2. The van der Waals surface area contributed by atoms with Crippen LogP contribution in [0.15, 0.2) is 0 Å². The first-order valence-electron chi connectivity index (χ1n) is 7.90. The standard InChI is InChI=1S/C15H26N2O4/c1-21-13-4-2-3-12(13)17-15(20)16-9-10-5-7-11(8-6-10)14(18)19/h10-13H,2-9H2,1H3,(H,18,19)(H2,16,17,20). The molecule has 6 nitrogen and oxygen atoms in total. The van der Waals surface area contributed by atoms with Crippen LogP contribution in [-0.4, -0.2) is 42.9 Å². The molecule has 0 aliphatic heterocycles. The van der Waals surface area contributed by atoms with Crippen LogP contribution in [0.5, 0.6) is 0 Å². The molecular weight excluding hydrogens is 272 g/mol. The van der Waals surface area contributed by atoms with E-state index >= 15 is 0 Å². The molecule has 0 spiro atoms. The minimum absolute atomic E-state index is 0.109. The molecule has 21 heavy (non-hydrogen) atoms. The summed E-state index contributed by atoms with van der Waals surface area (Å²) < 4.78 is 5.36. The van der Waals surface area contributed by atoms with Crippen molar-refractivity contribution in [3.8, 4) is 0 Å². The average Bonchev–Trinajstić information content (AvgIpc) is 2.92. The van der Waals surface area contributed by atoms with Crippen molar-refractivity contribution in [3.63, 3.8) is 0 Å². The molecule has 2 saturated carbocycles. The van der Waals surface area contributed by atoms with E-state index in [1.54, 1.807) is 7.11 Å². The highest BCUT2D eigenvalue weighted by Crippen LogP contribution is 2.28. The van der Waals surface area contributed by atoms with Gasteiger partial charge in [0.1, 0.15) is 0 Å². The van der Waals surface area contributed by atoms with E-state index in [1.807, 2.05) is 0 Å². The van der Waals surface area contributed by atoms with Gasteiger partial charge in [-0.05, 0) is 50.9 Å². The number of hydrogen-bond donors (Lipinski definition) is 3. The zero-order valence-electron chi connectivity index (χ0n) is 12.6. The van der Waals surface area contributed by atoms with Gasteiger partial charge in [-0.2, -0.15) is 0 Å². The molecule has 0 bridgehead atoms. The van der Waals surface area contributed by atoms with Crippen molar-refractivity contribution in [3.05, 3.63) is 0 Å². The predicted molar refractivity (Wildman–Crippen MR) is 78.1 cm³/mol. The van der Waals surface area contributed by atoms with Crippen LogP contribution in [0.1, 0.15) is 44.9 Å². The second kappa shape index (κ2) is 7.64. The van der Waals surface area contributed by atoms with Gasteiger partial charge in [0.15, 0.2) is 0 Å². The summed E-state index contributed by atoms with van der Waals surface area (Å²) in [5.41, 5.74) is 0. The maximum absolute atomic E-state index is 11.9. The first-order valence-corrected chi connectivity index (χ1v) is 7.90. The summed E-state index contributed by atoms with van der Waals surface area (Å²) >= 11 is 0. The number of aliphatic carboxylic acids is 1. The normalized spacial score (nSPS) is 32.6. The lowest BCUT2D eigenvalue weighted by atomic mass is 9.82. The van der Waals surface area contributed by atoms with Crippen molar-refractivity contribution in [2.75, 3.05) is 13.7 Å². The Balaban J connectivity index is 1.64. The molecule has 2 amide bonds. The van der Waals surface area contributed by atoms with Crippen molar-refractivity contribution in [1.29, 1.82) is 0 Å². The first-order chi connectivity index (χ1) is 10.1. The Hall–Kier alpha value is -1.30. The molecule has 2 fully saturated rings. The molecule has 2 aliphatic rings. The van der Waals surface area contributed by atoms with Crippen LogP contribution < -0.4 is 10.6 Å². The SMILES string of the molecule is COC1CCCC1NC(=O)NCC1CCC(C(=O)O)CC1. The summed E-state index contributed by atoms with van der Waals surface area (Å²) in [5, 5.41) is 14.9. The highest BCUT2D eigenvalue weighted by atomic mass is 16.5. The van der Waals surface area contributed by atoms with Crippen molar-refractivity contribution in [2.24, 2.45) is 11.8 Å². The maximum Gasteiger partial charge on any atom is 0.315 e. The van der Waals surface area contributed by atoms with Crippen LogP contribution in [0.4, 0.5) is 4.79 Å². The molecule has 0 aromatic heterocycles. The molecule has 2 rings (SSSR count). The minimum atomic E-state index is -0.689. The highest BCUT2D eigenvalue weighted by molar-refractivity contribution is 5.74. The van der Waals surface area contributed by atoms with Gasteiger partial charge in [-0.1, -0.05) is 0 Å². The fourth-order valence-corrected chi connectivity index (χ4v) is 3.44. The molecule has 0 radical (unpaired) electrons. The van der Waals surface area contributed by atoms with Crippen LogP contribution in [0.3, 0.4) is 0 Å². The minimum Gasteiger partial charge on any atom is -0.481 e. The summed E-state index contributed by atoms with van der Waals surface area (Å²) in [6.07, 6.45) is 6.37. The number of carboxylic acid groups (broad SMARTS) is 1. The number of methoxy groups -OCH3 is 1. The summed E-state index contributed by atoms with van der Waals surface area (Å²) in [6, 6.07) is -0.0259. The first kappa shape index (κ1) is 16.1. The van der Waals surface area contributed by atoms with Crippen LogP contribution in [0.25, 0.3) is 0 Å². The van der Waals surface area contributed by atoms with Gasteiger partial charge in [-0.3, -0.25) is 4.79 Å². The monoisotopic (exact) mass is 298 g/mol. The lowest BCUT2D eigenvalue weighted by Gasteiger charge is -2.26. The third-order valence-electron chi connectivity index (χ3n) is 4.82. The third-order valence-corrected chi connectivity index (χ3v) is 4.82. The molecular formula is C15H26N2O4. The number of carbonyl (C=O) groups excluding carboxylic acids is 1. The molecule has 2 atom stereocenters. The van der Waals surface area contributed by atoms with Crippen molar-refractivity contribution in [2.45, 2.75) is 57.1 Å². The Labute approximate surface area is 125 Å². The fourth-order valence-electron chi connectivity index (χ4n) is 3.44. The van der Waals surface area contributed by atoms with Gasteiger partial charge in [-0.15, -0.1) is 0 Å². The van der Waals surface area contributed by atoms with E-state index in [0.29, 0.717) is 12.5 Å². The van der Waals surface area contributed by atoms with Crippen LogP contribution in [0, 0.1) is 11.8 Å². The molecule has 0 saturated heterocycles. The summed E-state index contributed by atoms with van der Waals surface area (Å²) in [5.74, 6) is -0.491. The molecule has 0 aromatic carbocycles. The number of carboxylic acids is 1. The largest absolute Gasteiger partial charge is 0.481 e. The zero-order valence-corrected chi connectivity index (χ0v) is 12.6. The van der Waals surface area contributed by atoms with Crippen molar-refractivity contribution in [1.82, 2.24) is 10.6 Å². The molecule has 6 heteroatoms. The lowest BCUT2D eigenvalue weighted by molar-refractivity contribution is -0.143. The number of nitrogens with one attached hydrogen (secondary N) is 2. The third kappa shape index (κ3) is 4.59. The quantitative estimate of drug-likeness (QED) is 0.721. The average molecular weight is 298 g/mol. The van der Waals surface area contributed by atoms with Crippen molar-refractivity contribution < 1.29 is 19.4 Å². The number of amides is 2. The van der Waals surface area contributed by atoms with E-state index in [2.05, 4.69) is 10.6 Å². The molecule has 0 aromatic rings. The van der Waals surface area contributed by atoms with E-state index in [-0.39, 0.29) is 24.1 Å². The number of rotatable bonds is 5. The molecule has 3 N–H and O–H groups in total. The number of hydrogen-bond acceptors (Lipinski definition) is 3. The number of urea groups is 1. The number of ether oxygens (including phenoxy) is 1. The Morgan fingerprint density at radius 3 is 2.48 bits per heavy atom. The molecule has 2 unspecified atom stereocenters. The van der Waals surface area contributed by atoms with Crippen molar-refractivity contribution >= 4 is 12.0 Å². The molecule has 0 heterocycles. The van der Waals surface area contributed by atoms with Crippen LogP contribution in [0.2, 0.25) is 0 Å². The van der Waals surface area contributed by atoms with Gasteiger partial charge in [0.2, 0.25) is 0 Å². The second-order valence-corrected chi connectivity index (χ2v) is 6.22. The Kier molecular flexibility index (Phi) is 5.85. The maximum atomic E-state index is 11.9. The summed E-state index contributed by atoms with van der Waals surface area (Å²) in [4.78, 5) is 22.8. The van der Waals surface area contributed by atoms with Gasteiger partial charge in [0.25, 0.3) is 0 Å². The lowest BCUT2D eigenvalue weighted by Crippen LogP contribution is -2.47. The smallest absolute Gasteiger partial charge is 0.315 e. The molecule has 120 valence electrons. The van der Waals surface area contributed by atoms with Crippen LogP contribution >= 0.6 is 0 Å². The molecule has 2 aliphatic carbocycles. The van der Waals surface area contributed by atoms with E-state index in [4.69, 9.17) is 9.84 Å². The highest BCUT2D eigenvalue weighted by Gasteiger charge is 2.29. The fraction of sp³-hybridized carbons (Fsp3) is 0.867. The predicted octanol–water partition coefficient (Wildman–Crippen LogP) is 1.74. The van der Waals surface area contributed by atoms with Gasteiger partial charge in [0, 0.05) is 13.7 Å². The van der Waals surface area contributed by atoms with Gasteiger partial charge in [0.05, 0.1) is 18.1 Å². The van der Waals surface area contributed by atoms with Gasteiger partial charge >= 0.3 is 12.0 Å². The van der Waals surface area contributed by atoms with Gasteiger partial charge in [-0.25, -0.2) is 4.79 Å². The van der Waals surface area contributed by atoms with Crippen LogP contribution in [-0.2, 0) is 9.53 Å². The second-order valence-electron chi connectivity index (χ2n) is 6.22. The van der Waals surface area contributed by atoms with E-state index in [1.165, 1.54) is 0 Å². The van der Waals surface area contributed by atoms with E-state index in [9.17, 15) is 9.59 Å². The summed E-state index contributed by atoms with van der Waals surface area (Å²) in [6.45, 7) is 0.628. The van der Waals surface area contributed by atoms with Gasteiger partial charge < -0.3 is 20.5 Å². The Morgan fingerprint density at radius 2 is 1.86 bits per heavy atom. The zero-order chi connectivity index (χ0) is 15.2.